The molecule has 0 rings (SSSR count). The van der Waals surface area contributed by atoms with Crippen LogP contribution < -0.4 is 5.73 Å². The first kappa shape index (κ1) is 9.50. The summed E-state index contributed by atoms with van der Waals surface area (Å²) in [6.07, 6.45) is 1.16. The third-order valence-corrected chi connectivity index (χ3v) is 1.56. The summed E-state index contributed by atoms with van der Waals surface area (Å²) in [6.45, 7) is 10.8. The first-order valence-corrected chi connectivity index (χ1v) is 3.89. The van der Waals surface area contributed by atoms with E-state index in [0.717, 1.165) is 25.2 Å². The van der Waals surface area contributed by atoms with Crippen molar-refractivity contribution >= 4 is 0 Å². The van der Waals surface area contributed by atoms with Crippen LogP contribution in [0.4, 0.5) is 0 Å². The van der Waals surface area contributed by atoms with Crippen LogP contribution in [0.5, 0.6) is 0 Å². The van der Waals surface area contributed by atoms with Crippen molar-refractivity contribution in [2.45, 2.75) is 20.3 Å². The predicted octanol–water partition coefficient (Wildman–Crippen LogP) is 1.19. The molecule has 0 bridgehead atoms. The van der Waals surface area contributed by atoms with E-state index in [1.807, 2.05) is 0 Å². The number of nitrogens with zero attached hydrogens (tertiary/aromatic N) is 1. The van der Waals surface area contributed by atoms with E-state index in [9.17, 15) is 0 Å². The Bertz CT molecular complexity index is 99.4. The standard InChI is InChI=1S/C8H18N2/c1-4-6-10(5-2)8(3)7-9/h3-7,9H2,1-2H3. The summed E-state index contributed by atoms with van der Waals surface area (Å²) >= 11 is 0. The van der Waals surface area contributed by atoms with Crippen molar-refractivity contribution in [1.29, 1.82) is 0 Å². The normalized spacial score (nSPS) is 9.50. The highest BCUT2D eigenvalue weighted by Gasteiger charge is 1.99. The molecule has 0 aliphatic heterocycles. The minimum Gasteiger partial charge on any atom is -0.375 e. The van der Waals surface area contributed by atoms with Crippen LogP contribution in [0.1, 0.15) is 20.3 Å². The van der Waals surface area contributed by atoms with Gasteiger partial charge in [0.05, 0.1) is 0 Å². The van der Waals surface area contributed by atoms with Crippen molar-refractivity contribution in [3.8, 4) is 0 Å². The van der Waals surface area contributed by atoms with Crippen LogP contribution in [0.2, 0.25) is 0 Å². The molecule has 0 fully saturated rings. The number of likely N-dealkylation sites (N-methyl/N-ethyl adjacent to an activating group) is 1. The Kier molecular flexibility index (Phi) is 5.03. The maximum Gasteiger partial charge on any atom is 0.0324 e. The van der Waals surface area contributed by atoms with E-state index in [-0.39, 0.29) is 0 Å². The fourth-order valence-electron chi connectivity index (χ4n) is 0.939. The lowest BCUT2D eigenvalue weighted by molar-refractivity contribution is 0.359. The lowest BCUT2D eigenvalue weighted by Gasteiger charge is -2.23. The first-order chi connectivity index (χ1) is 4.76. The van der Waals surface area contributed by atoms with E-state index in [2.05, 4.69) is 25.3 Å². The molecular formula is C8H18N2. The highest BCUT2D eigenvalue weighted by Crippen LogP contribution is 1.99. The van der Waals surface area contributed by atoms with Crippen molar-refractivity contribution in [2.75, 3.05) is 19.6 Å². The van der Waals surface area contributed by atoms with Gasteiger partial charge in [0.1, 0.15) is 0 Å². The van der Waals surface area contributed by atoms with Crippen molar-refractivity contribution < 1.29 is 0 Å². The van der Waals surface area contributed by atoms with Gasteiger partial charge in [0.25, 0.3) is 0 Å². The summed E-state index contributed by atoms with van der Waals surface area (Å²) in [5.41, 5.74) is 6.48. The van der Waals surface area contributed by atoms with Gasteiger partial charge in [-0.05, 0) is 13.3 Å². The van der Waals surface area contributed by atoms with E-state index >= 15 is 0 Å². The van der Waals surface area contributed by atoms with Crippen molar-refractivity contribution in [2.24, 2.45) is 5.73 Å². The van der Waals surface area contributed by atoms with Crippen LogP contribution in [0.3, 0.4) is 0 Å². The highest BCUT2D eigenvalue weighted by atomic mass is 15.1. The maximum absolute atomic E-state index is 5.44. The van der Waals surface area contributed by atoms with E-state index in [0.29, 0.717) is 6.54 Å². The summed E-state index contributed by atoms with van der Waals surface area (Å²) in [6, 6.07) is 0. The summed E-state index contributed by atoms with van der Waals surface area (Å²) in [5.74, 6) is 0. The molecule has 2 N–H and O–H groups in total. The Morgan fingerprint density at radius 2 is 2.10 bits per heavy atom. The van der Waals surface area contributed by atoms with Crippen LogP contribution >= 0.6 is 0 Å². The average molecular weight is 142 g/mol. The number of hydrogen-bond acceptors (Lipinski definition) is 2. The first-order valence-electron chi connectivity index (χ1n) is 3.89. The Labute approximate surface area is 63.7 Å². The molecule has 0 unspecified atom stereocenters. The number of nitrogens with two attached hydrogens (primary N) is 1. The average Bonchev–Trinajstić information content (AvgIpc) is 1.99. The van der Waals surface area contributed by atoms with Crippen LogP contribution in [-0.4, -0.2) is 24.5 Å². The zero-order valence-electron chi connectivity index (χ0n) is 7.06. The second kappa shape index (κ2) is 5.30. The lowest BCUT2D eigenvalue weighted by atomic mass is 10.3. The van der Waals surface area contributed by atoms with Gasteiger partial charge in [0, 0.05) is 25.3 Å². The molecule has 0 aliphatic carbocycles. The molecule has 0 amide bonds. The van der Waals surface area contributed by atoms with Gasteiger partial charge < -0.3 is 10.6 Å². The molecule has 0 radical (unpaired) electrons. The molecule has 2 nitrogen and oxygen atoms in total. The second-order valence-corrected chi connectivity index (χ2v) is 2.35. The molecule has 0 aromatic heterocycles. The molecule has 0 aromatic carbocycles. The van der Waals surface area contributed by atoms with Crippen LogP contribution in [-0.2, 0) is 0 Å². The van der Waals surface area contributed by atoms with Gasteiger partial charge in [-0.25, -0.2) is 0 Å². The molecule has 60 valence electrons. The van der Waals surface area contributed by atoms with Crippen molar-refractivity contribution in [3.63, 3.8) is 0 Å². The number of rotatable bonds is 5. The fraction of sp³-hybridized carbons (Fsp3) is 0.750. The largest absolute Gasteiger partial charge is 0.375 e. The smallest absolute Gasteiger partial charge is 0.0324 e. The maximum atomic E-state index is 5.44. The quantitative estimate of drug-likeness (QED) is 0.624. The van der Waals surface area contributed by atoms with Gasteiger partial charge in [0.15, 0.2) is 0 Å². The molecule has 10 heavy (non-hydrogen) atoms. The molecule has 0 saturated carbocycles. The van der Waals surface area contributed by atoms with E-state index in [1.54, 1.807) is 0 Å². The Morgan fingerprint density at radius 3 is 2.40 bits per heavy atom. The van der Waals surface area contributed by atoms with Gasteiger partial charge >= 0.3 is 0 Å². The van der Waals surface area contributed by atoms with E-state index in [1.165, 1.54) is 0 Å². The van der Waals surface area contributed by atoms with Crippen LogP contribution in [0.25, 0.3) is 0 Å². The van der Waals surface area contributed by atoms with Gasteiger partial charge in [0.2, 0.25) is 0 Å². The third-order valence-electron chi connectivity index (χ3n) is 1.56. The predicted molar refractivity (Wildman–Crippen MR) is 45.7 cm³/mol. The molecular weight excluding hydrogens is 124 g/mol. The van der Waals surface area contributed by atoms with E-state index in [4.69, 9.17) is 5.73 Å². The van der Waals surface area contributed by atoms with Crippen molar-refractivity contribution in [3.05, 3.63) is 12.3 Å². The SMILES string of the molecule is C=C(CN)N(CC)CCC. The zero-order valence-corrected chi connectivity index (χ0v) is 7.06. The molecule has 0 heterocycles. The fourth-order valence-corrected chi connectivity index (χ4v) is 0.939. The molecule has 0 aromatic rings. The minimum atomic E-state index is 0.577. The van der Waals surface area contributed by atoms with Gasteiger partial charge in [-0.15, -0.1) is 0 Å². The molecule has 0 aliphatic rings. The molecule has 0 saturated heterocycles. The second-order valence-electron chi connectivity index (χ2n) is 2.35. The lowest BCUT2D eigenvalue weighted by Crippen LogP contribution is -2.27. The Balaban J connectivity index is 3.68. The van der Waals surface area contributed by atoms with Crippen LogP contribution in [0, 0.1) is 0 Å². The van der Waals surface area contributed by atoms with Gasteiger partial charge in [-0.3, -0.25) is 0 Å². The monoisotopic (exact) mass is 142 g/mol. The highest BCUT2D eigenvalue weighted by molar-refractivity contribution is 4.94. The third kappa shape index (κ3) is 2.87. The topological polar surface area (TPSA) is 29.3 Å². The summed E-state index contributed by atoms with van der Waals surface area (Å²) < 4.78 is 0. The summed E-state index contributed by atoms with van der Waals surface area (Å²) in [7, 11) is 0. The number of hydrogen-bond donors (Lipinski definition) is 1. The van der Waals surface area contributed by atoms with Crippen molar-refractivity contribution in [1.82, 2.24) is 4.90 Å². The van der Waals surface area contributed by atoms with Crippen LogP contribution in [0.15, 0.2) is 12.3 Å². The zero-order chi connectivity index (χ0) is 7.98. The van der Waals surface area contributed by atoms with Gasteiger partial charge in [-0.2, -0.15) is 0 Å². The summed E-state index contributed by atoms with van der Waals surface area (Å²) in [4.78, 5) is 2.21. The van der Waals surface area contributed by atoms with Gasteiger partial charge in [-0.1, -0.05) is 13.5 Å². The Hall–Kier alpha value is -0.500. The summed E-state index contributed by atoms with van der Waals surface area (Å²) in [5, 5.41) is 0. The minimum absolute atomic E-state index is 0.577. The molecule has 0 atom stereocenters. The molecule has 2 heteroatoms. The Morgan fingerprint density at radius 1 is 1.50 bits per heavy atom. The van der Waals surface area contributed by atoms with E-state index < -0.39 is 0 Å². The molecule has 0 spiro atoms.